The number of fused-ring (bicyclic) bond motifs is 2. The number of para-hydroxylation sites is 1. The zero-order chi connectivity index (χ0) is 18.5. The summed E-state index contributed by atoms with van der Waals surface area (Å²) in [6, 6.07) is 12.8. The average molecular weight is 374 g/mol. The molecule has 0 unspecified atom stereocenters. The fraction of sp³-hybridized carbons (Fsp3) is 0.350. The van der Waals surface area contributed by atoms with Gasteiger partial charge < -0.3 is 19.5 Å². The lowest BCUT2D eigenvalue weighted by atomic mass is 9.83. The third-order valence-corrected chi connectivity index (χ3v) is 5.48. The first-order chi connectivity index (χ1) is 12.5. The number of likely N-dealkylation sites (N-methyl/N-ethyl adjacent to an activating group) is 1. The molecule has 6 heteroatoms. The highest BCUT2D eigenvalue weighted by molar-refractivity contribution is 6.31. The van der Waals surface area contributed by atoms with Crippen LogP contribution < -0.4 is 9.64 Å². The number of carbonyl (C=O) groups is 1. The molecule has 1 spiro atoms. The topological polar surface area (TPSA) is 59.0 Å². The molecule has 5 nitrogen and oxygen atoms in total. The standard InChI is InChI=1S/C20H20ClNO4/c1-22-16-8-7-12(21)9-15(16)20(19(22)24)11-13(23)10-18(26-20)14-5-3-4-6-17(14)25-2/h3-9,13,18,23H,10-11H2,1-2H3/t13-,18+,20-/m0/s1. The molecule has 0 aromatic heterocycles. The van der Waals surface area contributed by atoms with Gasteiger partial charge in [0, 0.05) is 36.0 Å². The Bertz CT molecular complexity index is 871. The van der Waals surface area contributed by atoms with Gasteiger partial charge in [0.1, 0.15) is 5.75 Å². The van der Waals surface area contributed by atoms with Crippen molar-refractivity contribution in [1.82, 2.24) is 0 Å². The molecule has 2 heterocycles. The monoisotopic (exact) mass is 373 g/mol. The van der Waals surface area contributed by atoms with E-state index in [0.717, 1.165) is 11.3 Å². The average Bonchev–Trinajstić information content (AvgIpc) is 2.83. The zero-order valence-electron chi connectivity index (χ0n) is 14.6. The quantitative estimate of drug-likeness (QED) is 0.876. The number of nitrogens with zero attached hydrogens (tertiary/aromatic N) is 1. The summed E-state index contributed by atoms with van der Waals surface area (Å²) < 4.78 is 11.9. The first-order valence-electron chi connectivity index (χ1n) is 8.53. The van der Waals surface area contributed by atoms with Crippen molar-refractivity contribution in [2.45, 2.75) is 30.7 Å². The fourth-order valence-corrected chi connectivity index (χ4v) is 4.23. The van der Waals surface area contributed by atoms with Crippen molar-refractivity contribution in [3.05, 3.63) is 58.6 Å². The Balaban J connectivity index is 1.82. The SMILES string of the molecule is COc1ccccc1[C@H]1C[C@H](O)C[C@@]2(O1)C(=O)N(C)c1ccc(Cl)cc12. The second-order valence-corrected chi connectivity index (χ2v) is 7.23. The highest BCUT2D eigenvalue weighted by Gasteiger charge is 2.56. The van der Waals surface area contributed by atoms with Gasteiger partial charge in [-0.3, -0.25) is 4.79 Å². The second-order valence-electron chi connectivity index (χ2n) is 6.79. The number of amides is 1. The van der Waals surface area contributed by atoms with E-state index in [1.807, 2.05) is 30.3 Å². The molecule has 2 aliphatic heterocycles. The summed E-state index contributed by atoms with van der Waals surface area (Å²) in [4.78, 5) is 14.7. The first kappa shape index (κ1) is 17.3. The van der Waals surface area contributed by atoms with Crippen LogP contribution in [0.3, 0.4) is 0 Å². The van der Waals surface area contributed by atoms with Crippen molar-refractivity contribution >= 4 is 23.2 Å². The van der Waals surface area contributed by atoms with Gasteiger partial charge in [-0.05, 0) is 24.3 Å². The van der Waals surface area contributed by atoms with Crippen molar-refractivity contribution in [2.75, 3.05) is 19.1 Å². The molecule has 26 heavy (non-hydrogen) atoms. The van der Waals surface area contributed by atoms with Crippen molar-refractivity contribution in [3.8, 4) is 5.75 Å². The van der Waals surface area contributed by atoms with E-state index >= 15 is 0 Å². The number of anilines is 1. The van der Waals surface area contributed by atoms with Crippen LogP contribution in [0, 0.1) is 0 Å². The largest absolute Gasteiger partial charge is 0.496 e. The van der Waals surface area contributed by atoms with Gasteiger partial charge in [-0.1, -0.05) is 29.8 Å². The van der Waals surface area contributed by atoms with Crippen molar-refractivity contribution in [2.24, 2.45) is 0 Å². The van der Waals surface area contributed by atoms with Crippen molar-refractivity contribution < 1.29 is 19.4 Å². The summed E-state index contributed by atoms with van der Waals surface area (Å²) in [5.41, 5.74) is 1.04. The lowest BCUT2D eigenvalue weighted by Gasteiger charge is -2.40. The Morgan fingerprint density at radius 2 is 2.08 bits per heavy atom. The Kier molecular flexibility index (Phi) is 4.18. The minimum Gasteiger partial charge on any atom is -0.496 e. The van der Waals surface area contributed by atoms with Crippen molar-refractivity contribution in [1.29, 1.82) is 0 Å². The molecule has 2 aromatic rings. The molecule has 136 valence electrons. The van der Waals surface area contributed by atoms with Gasteiger partial charge in [0.15, 0.2) is 5.60 Å². The van der Waals surface area contributed by atoms with E-state index in [9.17, 15) is 9.90 Å². The van der Waals surface area contributed by atoms with Gasteiger partial charge in [-0.15, -0.1) is 0 Å². The molecular weight excluding hydrogens is 354 g/mol. The summed E-state index contributed by atoms with van der Waals surface area (Å²) in [5, 5.41) is 11.1. The maximum atomic E-state index is 13.1. The Morgan fingerprint density at radius 1 is 1.31 bits per heavy atom. The lowest BCUT2D eigenvalue weighted by Crippen LogP contribution is -2.47. The van der Waals surface area contributed by atoms with Crippen LogP contribution in [0.25, 0.3) is 0 Å². The molecule has 0 bridgehead atoms. The van der Waals surface area contributed by atoms with E-state index in [2.05, 4.69) is 0 Å². The van der Waals surface area contributed by atoms with Gasteiger partial charge in [-0.2, -0.15) is 0 Å². The molecule has 4 rings (SSSR count). The molecule has 2 aliphatic rings. The van der Waals surface area contributed by atoms with Gasteiger partial charge in [0.2, 0.25) is 0 Å². The molecule has 0 radical (unpaired) electrons. The lowest BCUT2D eigenvalue weighted by molar-refractivity contribution is -0.181. The molecule has 2 aromatic carbocycles. The highest BCUT2D eigenvalue weighted by Crippen LogP contribution is 2.52. The van der Waals surface area contributed by atoms with Crippen LogP contribution in [-0.4, -0.2) is 31.3 Å². The molecule has 1 saturated heterocycles. The van der Waals surface area contributed by atoms with Gasteiger partial charge in [0.05, 0.1) is 25.0 Å². The van der Waals surface area contributed by atoms with Gasteiger partial charge in [-0.25, -0.2) is 0 Å². The normalized spacial score (nSPS) is 27.7. The highest BCUT2D eigenvalue weighted by atomic mass is 35.5. The van der Waals surface area contributed by atoms with E-state index in [1.165, 1.54) is 0 Å². The van der Waals surface area contributed by atoms with E-state index < -0.39 is 17.8 Å². The van der Waals surface area contributed by atoms with Crippen LogP contribution in [0.2, 0.25) is 5.02 Å². The molecule has 3 atom stereocenters. The maximum absolute atomic E-state index is 13.1. The summed E-state index contributed by atoms with van der Waals surface area (Å²) in [6.45, 7) is 0. The van der Waals surface area contributed by atoms with Crippen LogP contribution >= 0.6 is 11.6 Å². The van der Waals surface area contributed by atoms with Gasteiger partial charge >= 0.3 is 0 Å². The van der Waals surface area contributed by atoms with Crippen LogP contribution in [-0.2, 0) is 15.1 Å². The molecule has 1 fully saturated rings. The molecule has 0 aliphatic carbocycles. The number of methoxy groups -OCH3 is 1. The Morgan fingerprint density at radius 3 is 2.85 bits per heavy atom. The van der Waals surface area contributed by atoms with E-state index in [4.69, 9.17) is 21.1 Å². The van der Waals surface area contributed by atoms with Gasteiger partial charge in [0.25, 0.3) is 5.91 Å². The minimum atomic E-state index is -1.24. The minimum absolute atomic E-state index is 0.187. The Labute approximate surface area is 157 Å². The summed E-state index contributed by atoms with van der Waals surface area (Å²) in [5.74, 6) is 0.486. The van der Waals surface area contributed by atoms with Crippen LogP contribution in [0.1, 0.15) is 30.1 Å². The van der Waals surface area contributed by atoms with E-state index in [-0.39, 0.29) is 12.3 Å². The smallest absolute Gasteiger partial charge is 0.263 e. The zero-order valence-corrected chi connectivity index (χ0v) is 15.4. The fourth-order valence-electron chi connectivity index (χ4n) is 4.06. The third-order valence-electron chi connectivity index (χ3n) is 5.24. The number of halogens is 1. The van der Waals surface area contributed by atoms with Crippen LogP contribution in [0.15, 0.2) is 42.5 Å². The first-order valence-corrected chi connectivity index (χ1v) is 8.91. The number of ether oxygens (including phenoxy) is 2. The molecule has 1 amide bonds. The van der Waals surface area contributed by atoms with Crippen molar-refractivity contribution in [3.63, 3.8) is 0 Å². The number of hydrogen-bond donors (Lipinski definition) is 1. The maximum Gasteiger partial charge on any atom is 0.263 e. The van der Waals surface area contributed by atoms with Crippen LogP contribution in [0.4, 0.5) is 5.69 Å². The van der Waals surface area contributed by atoms with Crippen LogP contribution in [0.5, 0.6) is 5.75 Å². The second kappa shape index (κ2) is 6.27. The number of carbonyl (C=O) groups excluding carboxylic acids is 1. The third kappa shape index (κ3) is 2.50. The summed E-state index contributed by atoms with van der Waals surface area (Å²) in [7, 11) is 3.31. The number of hydrogen-bond acceptors (Lipinski definition) is 4. The van der Waals surface area contributed by atoms with E-state index in [0.29, 0.717) is 22.8 Å². The molecular formula is C20H20ClNO4. The number of benzene rings is 2. The predicted octanol–water partition coefficient (Wildman–Crippen LogP) is 3.43. The molecule has 1 N–H and O–H groups in total. The Hall–Kier alpha value is -2.08. The summed E-state index contributed by atoms with van der Waals surface area (Å²) >= 11 is 6.19. The predicted molar refractivity (Wildman–Crippen MR) is 98.6 cm³/mol. The van der Waals surface area contributed by atoms with E-state index in [1.54, 1.807) is 31.2 Å². The molecule has 0 saturated carbocycles. The number of aliphatic hydroxyl groups is 1. The number of aliphatic hydroxyl groups excluding tert-OH is 1. The number of rotatable bonds is 2. The summed E-state index contributed by atoms with van der Waals surface area (Å²) in [6.07, 6.45) is -0.539.